The average molecular weight is 568 g/mol. The molecule has 0 spiro atoms. The van der Waals surface area contributed by atoms with E-state index in [2.05, 4.69) is 62.3 Å². The minimum Gasteiger partial charge on any atom is -0.356 e. The van der Waals surface area contributed by atoms with Crippen LogP contribution in [0.1, 0.15) is 35.3 Å². The molecule has 0 unspecified atom stereocenters. The first-order valence-electron chi connectivity index (χ1n) is 11.3. The molecule has 0 bridgehead atoms. The molecule has 1 aromatic heterocycles. The molecule has 3 heterocycles. The highest BCUT2D eigenvalue weighted by Crippen LogP contribution is 2.24. The van der Waals surface area contributed by atoms with Crippen LogP contribution in [0.25, 0.3) is 0 Å². The Hall–Kier alpha value is -1.65. The number of nitrogens with one attached hydrogen (secondary N) is 2. The number of piperidine rings is 1. The molecule has 4 rings (SSSR count). The van der Waals surface area contributed by atoms with Gasteiger partial charge in [-0.05, 0) is 41.8 Å². The number of benzene rings is 1. The van der Waals surface area contributed by atoms with Crippen molar-refractivity contribution in [3.8, 4) is 0 Å². The standard InChI is InChI=1S/C24H33N5OS.HI/c1-25-24(26-12-7-23(30)29-15-10-22-20(18-29)11-16-31-22)27-21-8-13-28(14-9-21)17-19-5-3-2-4-6-19;/h2-6,11,16,21H,7-10,12-15,17-18H2,1H3,(H2,25,26,27);1H. The van der Waals surface area contributed by atoms with Crippen LogP contribution in [0, 0.1) is 0 Å². The van der Waals surface area contributed by atoms with Crippen molar-refractivity contribution in [2.24, 2.45) is 4.99 Å². The lowest BCUT2D eigenvalue weighted by molar-refractivity contribution is -0.131. The van der Waals surface area contributed by atoms with Gasteiger partial charge in [-0.3, -0.25) is 14.7 Å². The Bertz CT molecular complexity index is 880. The van der Waals surface area contributed by atoms with Crippen LogP contribution in [0.3, 0.4) is 0 Å². The Balaban J connectivity index is 0.00000289. The summed E-state index contributed by atoms with van der Waals surface area (Å²) in [6.07, 6.45) is 3.68. The Morgan fingerprint density at radius 2 is 1.94 bits per heavy atom. The van der Waals surface area contributed by atoms with Crippen molar-refractivity contribution in [2.75, 3.05) is 33.2 Å². The number of fused-ring (bicyclic) bond motifs is 1. The first-order chi connectivity index (χ1) is 15.2. The Labute approximate surface area is 212 Å². The average Bonchev–Trinajstić information content (AvgIpc) is 3.28. The summed E-state index contributed by atoms with van der Waals surface area (Å²) in [6.45, 7) is 5.39. The smallest absolute Gasteiger partial charge is 0.224 e. The molecular weight excluding hydrogens is 533 g/mol. The third-order valence-electron chi connectivity index (χ3n) is 6.19. The van der Waals surface area contributed by atoms with Crippen LogP contribution >= 0.6 is 35.3 Å². The highest BCUT2D eigenvalue weighted by atomic mass is 127. The van der Waals surface area contributed by atoms with E-state index in [1.165, 1.54) is 16.0 Å². The molecule has 1 amide bonds. The van der Waals surface area contributed by atoms with E-state index in [0.717, 1.165) is 57.9 Å². The highest BCUT2D eigenvalue weighted by molar-refractivity contribution is 14.0. The summed E-state index contributed by atoms with van der Waals surface area (Å²) >= 11 is 1.80. The maximum absolute atomic E-state index is 12.6. The lowest BCUT2D eigenvalue weighted by Gasteiger charge is -2.33. The van der Waals surface area contributed by atoms with Crippen molar-refractivity contribution < 1.29 is 4.79 Å². The summed E-state index contributed by atoms with van der Waals surface area (Å²) < 4.78 is 0. The molecule has 0 atom stereocenters. The number of nitrogens with zero attached hydrogens (tertiary/aromatic N) is 3. The number of rotatable bonds is 6. The number of halogens is 1. The van der Waals surface area contributed by atoms with Crippen LogP contribution < -0.4 is 10.6 Å². The zero-order valence-electron chi connectivity index (χ0n) is 18.8. The van der Waals surface area contributed by atoms with Crippen LogP contribution in [-0.2, 0) is 24.3 Å². The van der Waals surface area contributed by atoms with Gasteiger partial charge in [0.25, 0.3) is 0 Å². The van der Waals surface area contributed by atoms with Crippen molar-refractivity contribution in [3.63, 3.8) is 0 Å². The summed E-state index contributed by atoms with van der Waals surface area (Å²) in [5, 5.41) is 9.00. The fraction of sp³-hybridized carbons (Fsp3) is 0.500. The monoisotopic (exact) mass is 567 g/mol. The number of hydrogen-bond donors (Lipinski definition) is 2. The van der Waals surface area contributed by atoms with Gasteiger partial charge in [-0.15, -0.1) is 35.3 Å². The van der Waals surface area contributed by atoms with Crippen LogP contribution in [0.2, 0.25) is 0 Å². The van der Waals surface area contributed by atoms with Crippen molar-refractivity contribution in [1.82, 2.24) is 20.4 Å². The number of guanidine groups is 1. The fourth-order valence-electron chi connectivity index (χ4n) is 4.37. The first-order valence-corrected chi connectivity index (χ1v) is 12.2. The van der Waals surface area contributed by atoms with Gasteiger partial charge in [0, 0.05) is 63.7 Å². The van der Waals surface area contributed by atoms with Gasteiger partial charge in [-0.2, -0.15) is 0 Å². The van der Waals surface area contributed by atoms with Gasteiger partial charge in [0.1, 0.15) is 0 Å². The zero-order chi connectivity index (χ0) is 21.5. The van der Waals surface area contributed by atoms with Gasteiger partial charge >= 0.3 is 0 Å². The zero-order valence-corrected chi connectivity index (χ0v) is 21.9. The Kier molecular flexibility index (Phi) is 9.80. The molecule has 32 heavy (non-hydrogen) atoms. The number of aliphatic imine (C=N–C) groups is 1. The summed E-state index contributed by atoms with van der Waals surface area (Å²) in [5.74, 6) is 1.02. The molecule has 0 aliphatic carbocycles. The quantitative estimate of drug-likeness (QED) is 0.319. The van der Waals surface area contributed by atoms with Gasteiger partial charge in [0.05, 0.1) is 0 Å². The van der Waals surface area contributed by atoms with Crippen LogP contribution in [0.5, 0.6) is 0 Å². The van der Waals surface area contributed by atoms with E-state index in [-0.39, 0.29) is 29.9 Å². The summed E-state index contributed by atoms with van der Waals surface area (Å²) in [4.78, 5) is 22.9. The number of hydrogen-bond acceptors (Lipinski definition) is 4. The number of likely N-dealkylation sites (tertiary alicyclic amines) is 1. The molecule has 2 aliphatic rings. The molecule has 2 aromatic rings. The second kappa shape index (κ2) is 12.6. The van der Waals surface area contributed by atoms with Crippen LogP contribution in [-0.4, -0.2) is 60.9 Å². The largest absolute Gasteiger partial charge is 0.356 e. The van der Waals surface area contributed by atoms with Gasteiger partial charge in [-0.1, -0.05) is 30.3 Å². The predicted octanol–water partition coefficient (Wildman–Crippen LogP) is 3.47. The minimum atomic E-state index is 0. The molecule has 1 saturated heterocycles. The summed E-state index contributed by atoms with van der Waals surface area (Å²) in [6, 6.07) is 13.2. The van der Waals surface area contributed by atoms with Crippen molar-refractivity contribution in [2.45, 2.75) is 44.8 Å². The first kappa shape index (κ1) is 25.0. The Morgan fingerprint density at radius 3 is 2.69 bits per heavy atom. The van der Waals surface area contributed by atoms with E-state index >= 15 is 0 Å². The number of carbonyl (C=O) groups excluding carboxylic acids is 1. The van der Waals surface area contributed by atoms with E-state index in [9.17, 15) is 4.79 Å². The second-order valence-corrected chi connectivity index (χ2v) is 9.36. The number of thiophene rings is 1. The highest BCUT2D eigenvalue weighted by Gasteiger charge is 2.22. The molecule has 2 aliphatic heterocycles. The normalized spacial score (nSPS) is 17.4. The van der Waals surface area contributed by atoms with Crippen LogP contribution in [0.15, 0.2) is 46.8 Å². The maximum Gasteiger partial charge on any atom is 0.224 e. The maximum atomic E-state index is 12.6. The molecule has 8 heteroatoms. The van der Waals surface area contributed by atoms with Crippen LogP contribution in [0.4, 0.5) is 0 Å². The van der Waals surface area contributed by atoms with Gasteiger partial charge in [0.2, 0.25) is 5.91 Å². The summed E-state index contributed by atoms with van der Waals surface area (Å²) in [7, 11) is 1.80. The van der Waals surface area contributed by atoms with Gasteiger partial charge in [-0.25, -0.2) is 0 Å². The lowest BCUT2D eigenvalue weighted by Crippen LogP contribution is -2.49. The van der Waals surface area contributed by atoms with Crippen molar-refractivity contribution >= 4 is 47.2 Å². The fourth-order valence-corrected chi connectivity index (χ4v) is 5.26. The molecule has 1 fully saturated rings. The topological polar surface area (TPSA) is 60.0 Å². The second-order valence-electron chi connectivity index (χ2n) is 8.36. The van der Waals surface area contributed by atoms with Crippen molar-refractivity contribution in [3.05, 3.63) is 57.8 Å². The molecular formula is C24H34IN5OS. The minimum absolute atomic E-state index is 0. The third-order valence-corrected chi connectivity index (χ3v) is 7.22. The van der Waals surface area contributed by atoms with Gasteiger partial charge in [0.15, 0.2) is 5.96 Å². The third kappa shape index (κ3) is 6.92. The molecule has 174 valence electrons. The van der Waals surface area contributed by atoms with E-state index < -0.39 is 0 Å². The Morgan fingerprint density at radius 1 is 1.16 bits per heavy atom. The predicted molar refractivity (Wildman–Crippen MR) is 143 cm³/mol. The van der Waals surface area contributed by atoms with Crippen molar-refractivity contribution in [1.29, 1.82) is 0 Å². The summed E-state index contributed by atoms with van der Waals surface area (Å²) in [5.41, 5.74) is 2.69. The number of amides is 1. The molecule has 6 nitrogen and oxygen atoms in total. The van der Waals surface area contributed by atoms with E-state index in [0.29, 0.717) is 19.0 Å². The lowest BCUT2D eigenvalue weighted by atomic mass is 10.0. The molecule has 1 aromatic carbocycles. The SMILES string of the molecule is CN=C(NCCC(=O)N1CCc2sccc2C1)NC1CCN(Cc2ccccc2)CC1.I. The molecule has 0 saturated carbocycles. The molecule has 2 N–H and O–H groups in total. The van der Waals surface area contributed by atoms with E-state index in [1.54, 1.807) is 18.4 Å². The van der Waals surface area contributed by atoms with Gasteiger partial charge < -0.3 is 15.5 Å². The van der Waals surface area contributed by atoms with E-state index in [4.69, 9.17) is 0 Å². The molecule has 0 radical (unpaired) electrons. The number of carbonyl (C=O) groups is 1. The van der Waals surface area contributed by atoms with E-state index in [1.807, 2.05) is 4.90 Å².